The Morgan fingerprint density at radius 3 is 1.95 bits per heavy atom. The predicted octanol–water partition coefficient (Wildman–Crippen LogP) is 2.05. The molecule has 1 atom stereocenters. The molecule has 0 aromatic carbocycles. The molecular formula is C14H28N2O3. The fraction of sp³-hybridized carbons (Fsp3) is 0.857. The molecular weight excluding hydrogens is 244 g/mol. The molecule has 0 heterocycles. The minimum atomic E-state index is -0.995. The summed E-state index contributed by atoms with van der Waals surface area (Å²) in [7, 11) is 0. The predicted molar refractivity (Wildman–Crippen MR) is 75.8 cm³/mol. The highest BCUT2D eigenvalue weighted by Crippen LogP contribution is 2.09. The second-order valence-electron chi connectivity index (χ2n) is 4.99. The van der Waals surface area contributed by atoms with Crippen LogP contribution >= 0.6 is 0 Å². The molecule has 19 heavy (non-hydrogen) atoms. The second kappa shape index (κ2) is 12.0. The van der Waals surface area contributed by atoms with Crippen LogP contribution in [-0.4, -0.2) is 29.6 Å². The first-order valence-electron chi connectivity index (χ1n) is 7.30. The van der Waals surface area contributed by atoms with Gasteiger partial charge in [0, 0.05) is 6.42 Å². The summed E-state index contributed by atoms with van der Waals surface area (Å²) in [6.07, 6.45) is 9.45. The van der Waals surface area contributed by atoms with Gasteiger partial charge < -0.3 is 16.2 Å². The van der Waals surface area contributed by atoms with Gasteiger partial charge in [0.15, 0.2) is 0 Å². The van der Waals surface area contributed by atoms with Crippen LogP contribution in [0, 0.1) is 0 Å². The lowest BCUT2D eigenvalue weighted by Gasteiger charge is -2.08. The van der Waals surface area contributed by atoms with Crippen LogP contribution in [-0.2, 0) is 9.59 Å². The van der Waals surface area contributed by atoms with E-state index in [0.29, 0.717) is 6.42 Å². The SMILES string of the molecule is CC(NC(=O)CCCCCCCCCCN)C(=O)O. The molecule has 0 aromatic rings. The van der Waals surface area contributed by atoms with Crippen molar-refractivity contribution >= 4 is 11.9 Å². The lowest BCUT2D eigenvalue weighted by atomic mass is 10.1. The smallest absolute Gasteiger partial charge is 0.325 e. The van der Waals surface area contributed by atoms with E-state index in [2.05, 4.69) is 5.32 Å². The Balaban J connectivity index is 3.30. The third kappa shape index (κ3) is 11.7. The van der Waals surface area contributed by atoms with E-state index in [4.69, 9.17) is 10.8 Å². The summed E-state index contributed by atoms with van der Waals surface area (Å²) in [5, 5.41) is 11.1. The minimum Gasteiger partial charge on any atom is -0.480 e. The topological polar surface area (TPSA) is 92.4 Å². The van der Waals surface area contributed by atoms with E-state index in [-0.39, 0.29) is 5.91 Å². The third-order valence-electron chi connectivity index (χ3n) is 3.11. The zero-order valence-electron chi connectivity index (χ0n) is 12.0. The van der Waals surface area contributed by atoms with Crippen LogP contribution in [0.3, 0.4) is 0 Å². The molecule has 0 fully saturated rings. The van der Waals surface area contributed by atoms with Crippen LogP contribution in [0.15, 0.2) is 0 Å². The molecule has 1 unspecified atom stereocenters. The van der Waals surface area contributed by atoms with Crippen LogP contribution in [0.5, 0.6) is 0 Å². The van der Waals surface area contributed by atoms with Crippen molar-refractivity contribution in [3.05, 3.63) is 0 Å². The Kier molecular flexibility index (Phi) is 11.3. The van der Waals surface area contributed by atoms with Gasteiger partial charge in [-0.2, -0.15) is 0 Å². The van der Waals surface area contributed by atoms with Crippen molar-refractivity contribution in [3.63, 3.8) is 0 Å². The highest BCUT2D eigenvalue weighted by Gasteiger charge is 2.12. The molecule has 0 radical (unpaired) electrons. The number of unbranched alkanes of at least 4 members (excludes halogenated alkanes) is 7. The standard InChI is InChI=1S/C14H28N2O3/c1-12(14(18)19)16-13(17)10-8-6-4-2-3-5-7-9-11-15/h12H,2-11,15H2,1H3,(H,16,17)(H,18,19). The molecule has 0 aromatic heterocycles. The summed E-state index contributed by atoms with van der Waals surface area (Å²) in [6.45, 7) is 2.26. The van der Waals surface area contributed by atoms with Gasteiger partial charge in [-0.1, -0.05) is 38.5 Å². The van der Waals surface area contributed by atoms with E-state index in [1.54, 1.807) is 0 Å². The van der Waals surface area contributed by atoms with E-state index in [9.17, 15) is 9.59 Å². The Bertz CT molecular complexity index is 257. The molecule has 1 amide bonds. The minimum absolute atomic E-state index is 0.169. The van der Waals surface area contributed by atoms with Crippen molar-refractivity contribution in [2.24, 2.45) is 5.73 Å². The number of hydrogen-bond acceptors (Lipinski definition) is 3. The van der Waals surface area contributed by atoms with Crippen LogP contribution in [0.1, 0.15) is 64.7 Å². The van der Waals surface area contributed by atoms with Gasteiger partial charge in [-0.05, 0) is 26.3 Å². The molecule has 4 N–H and O–H groups in total. The normalized spacial score (nSPS) is 12.1. The van der Waals surface area contributed by atoms with Crippen LogP contribution < -0.4 is 11.1 Å². The Hall–Kier alpha value is -1.10. The summed E-state index contributed by atoms with van der Waals surface area (Å²) in [5.74, 6) is -1.16. The molecule has 0 aliphatic heterocycles. The number of hydrogen-bond donors (Lipinski definition) is 3. The molecule has 0 aliphatic carbocycles. The molecule has 5 nitrogen and oxygen atoms in total. The van der Waals surface area contributed by atoms with Crippen molar-refractivity contribution in [3.8, 4) is 0 Å². The second-order valence-corrected chi connectivity index (χ2v) is 4.99. The maximum Gasteiger partial charge on any atom is 0.325 e. The van der Waals surface area contributed by atoms with Gasteiger partial charge in [-0.25, -0.2) is 0 Å². The number of rotatable bonds is 12. The molecule has 5 heteroatoms. The van der Waals surface area contributed by atoms with Gasteiger partial charge >= 0.3 is 5.97 Å². The van der Waals surface area contributed by atoms with Crippen molar-refractivity contribution < 1.29 is 14.7 Å². The van der Waals surface area contributed by atoms with Crippen LogP contribution in [0.2, 0.25) is 0 Å². The van der Waals surface area contributed by atoms with E-state index < -0.39 is 12.0 Å². The van der Waals surface area contributed by atoms with Gasteiger partial charge in [0.25, 0.3) is 0 Å². The molecule has 112 valence electrons. The van der Waals surface area contributed by atoms with Crippen molar-refractivity contribution in [1.29, 1.82) is 0 Å². The zero-order valence-corrected chi connectivity index (χ0v) is 12.0. The van der Waals surface area contributed by atoms with Crippen molar-refractivity contribution in [1.82, 2.24) is 5.32 Å². The number of carbonyl (C=O) groups is 2. The number of nitrogens with two attached hydrogens (primary N) is 1. The summed E-state index contributed by atoms with van der Waals surface area (Å²) in [4.78, 5) is 21.9. The fourth-order valence-electron chi connectivity index (χ4n) is 1.87. The lowest BCUT2D eigenvalue weighted by Crippen LogP contribution is -2.38. The number of carboxylic acids is 1. The zero-order chi connectivity index (χ0) is 14.5. The molecule has 0 bridgehead atoms. The average Bonchev–Trinajstić information content (AvgIpc) is 2.36. The third-order valence-corrected chi connectivity index (χ3v) is 3.11. The van der Waals surface area contributed by atoms with Crippen molar-refractivity contribution in [2.45, 2.75) is 70.8 Å². The number of amides is 1. The highest BCUT2D eigenvalue weighted by atomic mass is 16.4. The summed E-state index contributed by atoms with van der Waals surface area (Å²) >= 11 is 0. The molecule has 0 rings (SSSR count). The van der Waals surface area contributed by atoms with Gasteiger partial charge in [-0.15, -0.1) is 0 Å². The van der Waals surface area contributed by atoms with E-state index in [1.807, 2.05) is 0 Å². The van der Waals surface area contributed by atoms with Gasteiger partial charge in [0.1, 0.15) is 6.04 Å². The van der Waals surface area contributed by atoms with Gasteiger partial charge in [0.05, 0.1) is 0 Å². The van der Waals surface area contributed by atoms with Gasteiger partial charge in [0.2, 0.25) is 5.91 Å². The Morgan fingerprint density at radius 1 is 1.00 bits per heavy atom. The number of carbonyl (C=O) groups excluding carboxylic acids is 1. The largest absolute Gasteiger partial charge is 0.480 e. The molecule has 0 spiro atoms. The molecule has 0 saturated heterocycles. The number of aliphatic carboxylic acids is 1. The average molecular weight is 272 g/mol. The van der Waals surface area contributed by atoms with Crippen molar-refractivity contribution in [2.75, 3.05) is 6.54 Å². The van der Waals surface area contributed by atoms with Gasteiger partial charge in [-0.3, -0.25) is 9.59 Å². The first-order valence-corrected chi connectivity index (χ1v) is 7.30. The maximum absolute atomic E-state index is 11.4. The van der Waals surface area contributed by atoms with E-state index >= 15 is 0 Å². The Labute approximate surface area is 115 Å². The monoisotopic (exact) mass is 272 g/mol. The number of nitrogens with one attached hydrogen (secondary N) is 1. The summed E-state index contributed by atoms with van der Waals surface area (Å²) < 4.78 is 0. The summed E-state index contributed by atoms with van der Waals surface area (Å²) in [5.41, 5.74) is 5.42. The fourth-order valence-corrected chi connectivity index (χ4v) is 1.87. The number of carboxylic acid groups (broad SMARTS) is 1. The van der Waals surface area contributed by atoms with Crippen LogP contribution in [0.4, 0.5) is 0 Å². The lowest BCUT2D eigenvalue weighted by molar-refractivity contribution is -0.141. The maximum atomic E-state index is 11.4. The summed E-state index contributed by atoms with van der Waals surface area (Å²) in [6, 6.07) is -0.796. The Morgan fingerprint density at radius 2 is 1.47 bits per heavy atom. The first-order chi connectivity index (χ1) is 9.07. The van der Waals surface area contributed by atoms with E-state index in [0.717, 1.165) is 32.2 Å². The van der Waals surface area contributed by atoms with Crippen LogP contribution in [0.25, 0.3) is 0 Å². The molecule has 0 saturated carbocycles. The van der Waals surface area contributed by atoms with E-state index in [1.165, 1.54) is 32.6 Å². The first kappa shape index (κ1) is 17.9. The molecule has 0 aliphatic rings. The quantitative estimate of drug-likeness (QED) is 0.474. The highest BCUT2D eigenvalue weighted by molar-refractivity contribution is 5.83.